The number of primary amides is 1. The van der Waals surface area contributed by atoms with Crippen LogP contribution in [-0.4, -0.2) is 92.3 Å². The van der Waals surface area contributed by atoms with Crippen LogP contribution in [0.4, 0.5) is 0 Å². The maximum absolute atomic E-state index is 14.6. The molecule has 0 bridgehead atoms. The molecule has 2 aliphatic rings. The molecule has 5 rings (SSSR count). The Bertz CT molecular complexity index is 1760. The third-order valence-corrected chi connectivity index (χ3v) is 9.60. The van der Waals surface area contributed by atoms with E-state index in [1.165, 1.54) is 15.8 Å². The van der Waals surface area contributed by atoms with Crippen LogP contribution in [0.1, 0.15) is 88.3 Å². The number of rotatable bonds is 15. The number of benzene rings is 2. The van der Waals surface area contributed by atoms with Gasteiger partial charge in [0.15, 0.2) is 0 Å². The number of ether oxygens (including phenoxy) is 1. The van der Waals surface area contributed by atoms with Gasteiger partial charge in [0.25, 0.3) is 11.8 Å². The highest BCUT2D eigenvalue weighted by Gasteiger charge is 2.47. The summed E-state index contributed by atoms with van der Waals surface area (Å²) in [4.78, 5) is 68.5. The number of carbonyl (C=O) groups excluding carboxylic acids is 5. The maximum Gasteiger partial charge on any atom is 0.287 e. The van der Waals surface area contributed by atoms with Crippen LogP contribution in [0.5, 0.6) is 0 Å². The minimum absolute atomic E-state index is 0. The number of Topliss-reactive ketones (excluding diaryl/α,β-unsaturated/α-hetero) is 1. The number of ketones is 1. The van der Waals surface area contributed by atoms with Crippen molar-refractivity contribution >= 4 is 67.2 Å². The minimum atomic E-state index is -1.33. The summed E-state index contributed by atoms with van der Waals surface area (Å²) >= 11 is 0. The van der Waals surface area contributed by atoms with E-state index >= 15 is 0 Å². The van der Waals surface area contributed by atoms with Crippen molar-refractivity contribution in [2.45, 2.75) is 96.0 Å². The van der Waals surface area contributed by atoms with Crippen molar-refractivity contribution in [3.63, 3.8) is 0 Å². The number of hydrogen-bond acceptors (Lipinski definition) is 9. The molecule has 1 aromatic heterocycles. The van der Waals surface area contributed by atoms with E-state index in [0.717, 1.165) is 23.6 Å². The molecule has 2 aliphatic heterocycles. The van der Waals surface area contributed by atoms with Crippen LogP contribution in [0.2, 0.25) is 0 Å². The van der Waals surface area contributed by atoms with Gasteiger partial charge in [-0.2, -0.15) is 27.0 Å². The molecule has 52 heavy (non-hydrogen) atoms. The predicted molar refractivity (Wildman–Crippen MR) is 204 cm³/mol. The first-order valence-electron chi connectivity index (χ1n) is 17.2. The molecule has 0 radical (unpaired) electrons. The summed E-state index contributed by atoms with van der Waals surface area (Å²) < 4.78 is 6.97. The lowest BCUT2D eigenvalue weighted by Crippen LogP contribution is -2.57. The number of hydrogen-bond donors (Lipinski definition) is 4. The Morgan fingerprint density at radius 3 is 2.35 bits per heavy atom. The zero-order valence-electron chi connectivity index (χ0n) is 30.1. The molecule has 0 saturated carbocycles. The molecule has 5 N–H and O–H groups in total. The largest absolute Gasteiger partial charge is 0.384 e. The van der Waals surface area contributed by atoms with Crippen molar-refractivity contribution in [1.82, 2.24) is 30.5 Å². The van der Waals surface area contributed by atoms with Crippen LogP contribution >= 0.6 is 27.0 Å². The molecule has 14 nitrogen and oxygen atoms in total. The van der Waals surface area contributed by atoms with Gasteiger partial charge >= 0.3 is 0 Å². The fourth-order valence-corrected chi connectivity index (χ4v) is 6.78. The van der Waals surface area contributed by atoms with Crippen LogP contribution in [0.15, 0.2) is 48.7 Å². The fourth-order valence-electron chi connectivity index (χ4n) is 6.78. The first-order valence-corrected chi connectivity index (χ1v) is 17.2. The lowest BCUT2D eigenvalue weighted by atomic mass is 9.81. The SMILES string of the molecule is CCCCCC(NC(=O)[C@@H]1C[C@H](n2nncc2C(C)(C)O)CN1C(=O)C(CC1(C)COC1)NC(=O)c1ccc2ccccc2c1)C(=O)C(N)=O.S.S. The molecule has 2 aromatic carbocycles. The zero-order valence-corrected chi connectivity index (χ0v) is 32.1. The van der Waals surface area contributed by atoms with Gasteiger partial charge in [0.05, 0.1) is 37.2 Å². The Morgan fingerprint density at radius 1 is 1.04 bits per heavy atom. The van der Waals surface area contributed by atoms with E-state index in [9.17, 15) is 29.1 Å². The van der Waals surface area contributed by atoms with Crippen LogP contribution in [0.25, 0.3) is 10.8 Å². The van der Waals surface area contributed by atoms with Gasteiger partial charge in [-0.15, -0.1) is 5.10 Å². The normalized spacial score (nSPS) is 19.0. The Balaban J connectivity index is 0.00000364. The number of fused-ring (bicyclic) bond motifs is 1. The second kappa shape index (κ2) is 17.7. The quantitative estimate of drug-likeness (QED) is 0.133. The molecule has 4 amide bonds. The van der Waals surface area contributed by atoms with Crippen molar-refractivity contribution in [3.8, 4) is 0 Å². The number of aromatic nitrogens is 3. The highest BCUT2D eigenvalue weighted by molar-refractivity contribution is 7.59. The molecular weight excluding hydrogens is 707 g/mol. The van der Waals surface area contributed by atoms with E-state index in [2.05, 4.69) is 20.9 Å². The number of nitrogens with one attached hydrogen (secondary N) is 2. The second-order valence-corrected chi connectivity index (χ2v) is 14.4. The van der Waals surface area contributed by atoms with Crippen LogP contribution < -0.4 is 16.4 Å². The molecule has 2 saturated heterocycles. The summed E-state index contributed by atoms with van der Waals surface area (Å²) in [5.41, 5.74) is 4.37. The summed E-state index contributed by atoms with van der Waals surface area (Å²) in [7, 11) is 0. The highest BCUT2D eigenvalue weighted by atomic mass is 32.1. The topological polar surface area (TPSA) is 199 Å². The summed E-state index contributed by atoms with van der Waals surface area (Å²) in [5.74, 6) is -3.66. The summed E-state index contributed by atoms with van der Waals surface area (Å²) in [6.45, 7) is 7.93. The van der Waals surface area contributed by atoms with Crippen LogP contribution in [0, 0.1) is 5.41 Å². The smallest absolute Gasteiger partial charge is 0.287 e. The van der Waals surface area contributed by atoms with Crippen molar-refractivity contribution in [2.75, 3.05) is 19.8 Å². The average molecular weight is 758 g/mol. The predicted octanol–water partition coefficient (Wildman–Crippen LogP) is 2.37. The van der Waals surface area contributed by atoms with Gasteiger partial charge in [0.2, 0.25) is 17.6 Å². The first kappa shape index (κ1) is 42.4. The van der Waals surface area contributed by atoms with Gasteiger partial charge < -0.3 is 31.1 Å². The van der Waals surface area contributed by atoms with Crippen molar-refractivity contribution in [3.05, 3.63) is 59.9 Å². The standard InChI is InChI=1S/C36H47N7O7.2H2S/c1-5-6-7-12-26(30(44)31(37)45)39-33(47)28-16-25(43-29(18-38-41-43)35(2,3)49)19-42(28)34(48)27(17-36(4)20-50-21-36)40-32(46)24-14-13-22-10-8-9-11-23(22)15-24;;/h8-11,13-15,18,25-28,49H,5-7,12,16-17,19-21H2,1-4H3,(H2,37,45)(H,39,47)(H,40,46);2*1H2/t25-,26?,27?,28-;;/m0../s1. The number of unbranched alkanes of at least 4 members (excludes halogenated alkanes) is 2. The van der Waals surface area contributed by atoms with Gasteiger partial charge in [-0.05, 0) is 49.6 Å². The van der Waals surface area contributed by atoms with E-state index in [0.29, 0.717) is 30.9 Å². The third-order valence-electron chi connectivity index (χ3n) is 9.60. The molecule has 284 valence electrons. The lowest BCUT2D eigenvalue weighted by molar-refractivity contribution is -0.145. The molecular formula is C36H51N7O7S2. The highest BCUT2D eigenvalue weighted by Crippen LogP contribution is 2.35. The molecule has 0 spiro atoms. The Kier molecular flexibility index (Phi) is 14.4. The molecule has 2 unspecified atom stereocenters. The van der Waals surface area contributed by atoms with Gasteiger partial charge in [0, 0.05) is 23.9 Å². The summed E-state index contributed by atoms with van der Waals surface area (Å²) in [6, 6.07) is 9.07. The summed E-state index contributed by atoms with van der Waals surface area (Å²) in [6.07, 6.45) is 4.17. The molecule has 4 atom stereocenters. The molecule has 16 heteroatoms. The number of aliphatic hydroxyl groups is 1. The fraction of sp³-hybridized carbons (Fsp3) is 0.528. The van der Waals surface area contributed by atoms with Crippen LogP contribution in [0.3, 0.4) is 0 Å². The van der Waals surface area contributed by atoms with Gasteiger partial charge in [-0.3, -0.25) is 24.0 Å². The van der Waals surface area contributed by atoms with Crippen LogP contribution in [-0.2, 0) is 29.5 Å². The number of carbonyl (C=O) groups is 5. The van der Waals surface area contributed by atoms with E-state index < -0.39 is 64.6 Å². The van der Waals surface area contributed by atoms with E-state index in [-0.39, 0.29) is 52.8 Å². The van der Waals surface area contributed by atoms with Crippen molar-refractivity contribution in [2.24, 2.45) is 11.1 Å². The zero-order chi connectivity index (χ0) is 36.2. The van der Waals surface area contributed by atoms with E-state index in [4.69, 9.17) is 10.5 Å². The van der Waals surface area contributed by atoms with Crippen molar-refractivity contribution < 1.29 is 33.8 Å². The van der Waals surface area contributed by atoms with Gasteiger partial charge in [-0.25, -0.2) is 4.68 Å². The monoisotopic (exact) mass is 757 g/mol. The summed E-state index contributed by atoms with van der Waals surface area (Å²) in [5, 5.41) is 26.5. The maximum atomic E-state index is 14.6. The van der Waals surface area contributed by atoms with E-state index in [1.54, 1.807) is 26.0 Å². The molecule has 0 aliphatic carbocycles. The van der Waals surface area contributed by atoms with Gasteiger partial charge in [-0.1, -0.05) is 68.7 Å². The minimum Gasteiger partial charge on any atom is -0.384 e. The average Bonchev–Trinajstić information content (AvgIpc) is 3.74. The molecule has 3 heterocycles. The van der Waals surface area contributed by atoms with Crippen molar-refractivity contribution in [1.29, 1.82) is 0 Å². The number of nitrogens with zero attached hydrogens (tertiary/aromatic N) is 4. The van der Waals surface area contributed by atoms with E-state index in [1.807, 2.05) is 44.2 Å². The Labute approximate surface area is 317 Å². The van der Waals surface area contributed by atoms with Gasteiger partial charge in [0.1, 0.15) is 17.7 Å². The number of nitrogens with two attached hydrogens (primary N) is 1. The molecule has 3 aromatic rings. The third kappa shape index (κ3) is 9.70. The second-order valence-electron chi connectivity index (χ2n) is 14.4. The lowest BCUT2D eigenvalue weighted by Gasteiger charge is -2.41. The number of likely N-dealkylation sites (tertiary alicyclic amines) is 1. The Hall–Kier alpha value is -3.99. The number of amides is 4. The first-order chi connectivity index (χ1) is 23.7. The molecule has 2 fully saturated rings. The Morgan fingerprint density at radius 2 is 1.73 bits per heavy atom.